The molecule has 0 bridgehead atoms. The normalized spacial score (nSPS) is 16.7. The van der Waals surface area contributed by atoms with Gasteiger partial charge in [-0.1, -0.05) is 0 Å². The molecule has 2 aromatic carbocycles. The lowest BCUT2D eigenvalue weighted by molar-refractivity contribution is -0.114. The van der Waals surface area contributed by atoms with E-state index in [2.05, 4.69) is 0 Å². The molecular weight excluding hydrogens is 392 g/mol. The van der Waals surface area contributed by atoms with Crippen LogP contribution in [0.3, 0.4) is 0 Å². The number of rotatable bonds is 5. The summed E-state index contributed by atoms with van der Waals surface area (Å²) in [5.41, 5.74) is 1.81. The molecule has 0 spiro atoms. The summed E-state index contributed by atoms with van der Waals surface area (Å²) in [7, 11) is 3.33. The Bertz CT molecular complexity index is 1000. The van der Waals surface area contributed by atoms with E-state index in [1.807, 2.05) is 31.2 Å². The molecule has 0 unspecified atom stereocenters. The maximum absolute atomic E-state index is 13.2. The topological polar surface area (TPSA) is 60.5 Å². The number of benzene rings is 2. The number of amides is 1. The molecule has 2 aliphatic heterocycles. The van der Waals surface area contributed by atoms with E-state index < -0.39 is 0 Å². The number of methoxy groups -OCH3 is 1. The number of ether oxygens (including phenoxy) is 4. The summed E-state index contributed by atoms with van der Waals surface area (Å²) < 4.78 is 21.8. The number of carbonyl (C=O) groups excluding carboxylic acids is 1. The predicted molar refractivity (Wildman–Crippen MR) is 113 cm³/mol. The van der Waals surface area contributed by atoms with Gasteiger partial charge in [0.2, 0.25) is 6.79 Å². The van der Waals surface area contributed by atoms with Crippen LogP contribution in [0.5, 0.6) is 23.0 Å². The standard InChI is InChI=1S/C21H20N2O5S/c1-4-26-15-7-5-14(6-8-15)23-20(24)16(22(2)21(23)29)9-13-10-18-19(28-12-27-18)11-17(13)25-3/h5-11H,4,12H2,1-3H3. The quantitative estimate of drug-likeness (QED) is 0.551. The lowest BCUT2D eigenvalue weighted by Crippen LogP contribution is -2.31. The lowest BCUT2D eigenvalue weighted by Gasteiger charge is -2.16. The second-order valence-electron chi connectivity index (χ2n) is 6.39. The number of hydrogen-bond donors (Lipinski definition) is 0. The van der Waals surface area contributed by atoms with Gasteiger partial charge in [-0.25, -0.2) is 0 Å². The SMILES string of the molecule is CCOc1ccc(N2C(=O)C(=Cc3cc4c(cc3OC)OCO4)N(C)C2=S)cc1. The van der Waals surface area contributed by atoms with Crippen molar-refractivity contribution < 1.29 is 23.7 Å². The third-order valence-corrected chi connectivity index (χ3v) is 5.14. The van der Waals surface area contributed by atoms with Crippen LogP contribution < -0.4 is 23.8 Å². The van der Waals surface area contributed by atoms with Crippen LogP contribution in [0.1, 0.15) is 12.5 Å². The zero-order valence-corrected chi connectivity index (χ0v) is 17.1. The summed E-state index contributed by atoms with van der Waals surface area (Å²) in [6, 6.07) is 10.8. The first-order chi connectivity index (χ1) is 14.0. The van der Waals surface area contributed by atoms with Crippen LogP contribution in [0.4, 0.5) is 5.69 Å². The molecule has 1 saturated heterocycles. The summed E-state index contributed by atoms with van der Waals surface area (Å²) in [6.07, 6.45) is 1.74. The first-order valence-electron chi connectivity index (χ1n) is 9.07. The Morgan fingerprint density at radius 1 is 1.17 bits per heavy atom. The molecule has 7 nitrogen and oxygen atoms in total. The molecule has 2 aliphatic rings. The molecule has 1 amide bonds. The molecule has 8 heteroatoms. The third-order valence-electron chi connectivity index (χ3n) is 4.68. The number of likely N-dealkylation sites (N-methyl/N-ethyl adjacent to an activating group) is 1. The number of carbonyl (C=O) groups is 1. The van der Waals surface area contributed by atoms with E-state index in [0.29, 0.717) is 45.9 Å². The molecule has 0 aliphatic carbocycles. The molecule has 1 fully saturated rings. The van der Waals surface area contributed by atoms with E-state index in [1.165, 1.54) is 4.90 Å². The molecule has 150 valence electrons. The fourth-order valence-corrected chi connectivity index (χ4v) is 3.50. The lowest BCUT2D eigenvalue weighted by atomic mass is 10.1. The van der Waals surface area contributed by atoms with Gasteiger partial charge >= 0.3 is 0 Å². The molecular formula is C21H20N2O5S. The van der Waals surface area contributed by atoms with Crippen molar-refractivity contribution in [3.05, 3.63) is 47.7 Å². The molecule has 0 N–H and O–H groups in total. The van der Waals surface area contributed by atoms with Crippen molar-refractivity contribution in [2.24, 2.45) is 0 Å². The Balaban J connectivity index is 1.69. The molecule has 0 aromatic heterocycles. The van der Waals surface area contributed by atoms with Gasteiger partial charge in [0.25, 0.3) is 5.91 Å². The first kappa shape index (κ1) is 19.1. The minimum atomic E-state index is -0.221. The van der Waals surface area contributed by atoms with Crippen molar-refractivity contribution in [3.63, 3.8) is 0 Å². The molecule has 2 heterocycles. The zero-order valence-electron chi connectivity index (χ0n) is 16.3. The maximum atomic E-state index is 13.2. The van der Waals surface area contributed by atoms with Crippen LogP contribution >= 0.6 is 12.2 Å². The highest BCUT2D eigenvalue weighted by Gasteiger charge is 2.37. The fraction of sp³-hybridized carbons (Fsp3) is 0.238. The molecule has 0 saturated carbocycles. The van der Waals surface area contributed by atoms with Crippen LogP contribution in [0.2, 0.25) is 0 Å². The number of thiocarbonyl (C=S) groups is 1. The first-order valence-corrected chi connectivity index (χ1v) is 9.48. The van der Waals surface area contributed by atoms with E-state index in [1.54, 1.807) is 37.3 Å². The largest absolute Gasteiger partial charge is 0.496 e. The molecule has 0 radical (unpaired) electrons. The van der Waals surface area contributed by atoms with Gasteiger partial charge in [0, 0.05) is 18.7 Å². The van der Waals surface area contributed by atoms with E-state index in [0.717, 1.165) is 5.75 Å². The van der Waals surface area contributed by atoms with Crippen molar-refractivity contribution in [1.29, 1.82) is 0 Å². The second-order valence-corrected chi connectivity index (χ2v) is 6.75. The van der Waals surface area contributed by atoms with Gasteiger partial charge in [0.05, 0.1) is 19.4 Å². The molecule has 29 heavy (non-hydrogen) atoms. The van der Waals surface area contributed by atoms with Crippen molar-refractivity contribution in [2.75, 3.05) is 32.5 Å². The molecule has 2 aromatic rings. The Morgan fingerprint density at radius 3 is 2.52 bits per heavy atom. The van der Waals surface area contributed by atoms with Gasteiger partial charge in [-0.3, -0.25) is 9.69 Å². The van der Waals surface area contributed by atoms with Gasteiger partial charge in [-0.05, 0) is 55.5 Å². The average molecular weight is 412 g/mol. The molecule has 0 atom stereocenters. The highest BCUT2D eigenvalue weighted by atomic mass is 32.1. The summed E-state index contributed by atoms with van der Waals surface area (Å²) in [5, 5.41) is 0.394. The van der Waals surface area contributed by atoms with Crippen LogP contribution in [-0.2, 0) is 4.79 Å². The third kappa shape index (κ3) is 3.36. The highest BCUT2D eigenvalue weighted by Crippen LogP contribution is 2.39. The van der Waals surface area contributed by atoms with Crippen molar-refractivity contribution in [2.45, 2.75) is 6.92 Å². The molecule has 4 rings (SSSR count). The fourth-order valence-electron chi connectivity index (χ4n) is 3.22. The number of nitrogens with zero attached hydrogens (tertiary/aromatic N) is 2. The number of fused-ring (bicyclic) bond motifs is 1. The van der Waals surface area contributed by atoms with Crippen molar-refractivity contribution >= 4 is 35.0 Å². The summed E-state index contributed by atoms with van der Waals surface area (Å²) >= 11 is 5.52. The van der Waals surface area contributed by atoms with Crippen LogP contribution in [-0.4, -0.2) is 43.5 Å². The van der Waals surface area contributed by atoms with E-state index in [-0.39, 0.29) is 12.7 Å². The average Bonchev–Trinajstić information content (AvgIpc) is 3.26. The van der Waals surface area contributed by atoms with Crippen LogP contribution in [0.25, 0.3) is 6.08 Å². The maximum Gasteiger partial charge on any atom is 0.281 e. The summed E-state index contributed by atoms with van der Waals surface area (Å²) in [6.45, 7) is 2.66. The van der Waals surface area contributed by atoms with Gasteiger partial charge < -0.3 is 23.8 Å². The Hall–Kier alpha value is -3.26. The smallest absolute Gasteiger partial charge is 0.281 e. The number of hydrogen-bond acceptors (Lipinski definition) is 6. The van der Waals surface area contributed by atoms with E-state index in [4.69, 9.17) is 31.2 Å². The predicted octanol–water partition coefficient (Wildman–Crippen LogP) is 3.43. The monoisotopic (exact) mass is 412 g/mol. The zero-order chi connectivity index (χ0) is 20.5. The summed E-state index contributed by atoms with van der Waals surface area (Å²) in [5.74, 6) is 2.32. The van der Waals surface area contributed by atoms with Gasteiger partial charge in [0.1, 0.15) is 17.2 Å². The van der Waals surface area contributed by atoms with Crippen LogP contribution in [0.15, 0.2) is 42.1 Å². The summed E-state index contributed by atoms with van der Waals surface area (Å²) in [4.78, 5) is 16.4. The minimum absolute atomic E-state index is 0.160. The highest BCUT2D eigenvalue weighted by molar-refractivity contribution is 7.80. The Kier molecular flexibility index (Phi) is 5.02. The number of anilines is 1. The van der Waals surface area contributed by atoms with E-state index >= 15 is 0 Å². The minimum Gasteiger partial charge on any atom is -0.496 e. The van der Waals surface area contributed by atoms with E-state index in [9.17, 15) is 4.79 Å². The Labute approximate surface area is 174 Å². The van der Waals surface area contributed by atoms with Crippen molar-refractivity contribution in [3.8, 4) is 23.0 Å². The van der Waals surface area contributed by atoms with Gasteiger partial charge in [-0.2, -0.15) is 0 Å². The van der Waals surface area contributed by atoms with Crippen LogP contribution in [0, 0.1) is 0 Å². The second kappa shape index (κ2) is 7.63. The van der Waals surface area contributed by atoms with Gasteiger partial charge in [-0.15, -0.1) is 0 Å². The van der Waals surface area contributed by atoms with Gasteiger partial charge in [0.15, 0.2) is 16.6 Å². The Morgan fingerprint density at radius 2 is 1.86 bits per heavy atom. The van der Waals surface area contributed by atoms with Crippen molar-refractivity contribution in [1.82, 2.24) is 4.90 Å².